The average molecular weight is 417 g/mol. The van der Waals surface area contributed by atoms with Crippen molar-refractivity contribution >= 4 is 11.8 Å². The molecule has 0 spiro atoms. The largest absolute Gasteiger partial charge is 0.356 e. The summed E-state index contributed by atoms with van der Waals surface area (Å²) in [6, 6.07) is 0. The fraction of sp³-hybridized carbons (Fsp3) is 0.769. The zero-order valence-electron chi connectivity index (χ0n) is 19.5. The van der Waals surface area contributed by atoms with Crippen LogP contribution in [-0.2, 0) is 9.59 Å². The monoisotopic (exact) mass is 416 g/mol. The molecule has 0 unspecified atom stereocenters. The van der Waals surface area contributed by atoms with Crippen LogP contribution in [0.15, 0.2) is 0 Å². The van der Waals surface area contributed by atoms with Gasteiger partial charge >= 0.3 is 0 Å². The van der Waals surface area contributed by atoms with Crippen LogP contribution in [0.3, 0.4) is 0 Å². The van der Waals surface area contributed by atoms with Crippen LogP contribution < -0.4 is 10.6 Å². The summed E-state index contributed by atoms with van der Waals surface area (Å²) >= 11 is 0. The van der Waals surface area contributed by atoms with Gasteiger partial charge in [-0.2, -0.15) is 0 Å². The summed E-state index contributed by atoms with van der Waals surface area (Å²) in [4.78, 5) is 23.3. The number of nitrogens with one attached hydrogen (secondary N) is 2. The molecule has 0 saturated carbocycles. The van der Waals surface area contributed by atoms with Crippen molar-refractivity contribution in [2.75, 3.05) is 13.1 Å². The summed E-state index contributed by atoms with van der Waals surface area (Å²) in [5.41, 5.74) is 0. The summed E-state index contributed by atoms with van der Waals surface area (Å²) in [6.07, 6.45) is 15.9. The minimum Gasteiger partial charge on any atom is -0.356 e. The average Bonchev–Trinajstić information content (AvgIpc) is 2.74. The Labute approximate surface area is 185 Å². The fourth-order valence-corrected chi connectivity index (χ4v) is 2.95. The second kappa shape index (κ2) is 23.3. The van der Waals surface area contributed by atoms with Crippen molar-refractivity contribution in [3.63, 3.8) is 0 Å². The van der Waals surface area contributed by atoms with Crippen molar-refractivity contribution < 1.29 is 9.59 Å². The Morgan fingerprint density at radius 1 is 0.567 bits per heavy atom. The van der Waals surface area contributed by atoms with Crippen LogP contribution in [0.2, 0.25) is 0 Å². The third-order valence-electron chi connectivity index (χ3n) is 4.86. The molecule has 170 valence electrons. The second-order valence-electron chi connectivity index (χ2n) is 7.84. The van der Waals surface area contributed by atoms with Gasteiger partial charge in [-0.1, -0.05) is 64.2 Å². The highest BCUT2D eigenvalue weighted by atomic mass is 16.2. The molecule has 0 heterocycles. The summed E-state index contributed by atoms with van der Waals surface area (Å²) in [5, 5.41) is 5.96. The van der Waals surface area contributed by atoms with Crippen LogP contribution in [-0.4, -0.2) is 24.9 Å². The van der Waals surface area contributed by atoms with Gasteiger partial charge < -0.3 is 10.6 Å². The van der Waals surface area contributed by atoms with E-state index in [0.717, 1.165) is 64.5 Å². The fourth-order valence-electron chi connectivity index (χ4n) is 2.95. The van der Waals surface area contributed by atoms with Crippen LogP contribution >= 0.6 is 0 Å². The maximum absolute atomic E-state index is 11.7. The van der Waals surface area contributed by atoms with Crippen LogP contribution in [0.5, 0.6) is 0 Å². The SMILES string of the molecule is CCCCCCNC(=O)CCCCC#CC#CCCCCC(=O)NCCCCCC. The lowest BCUT2D eigenvalue weighted by Gasteiger charge is -2.04. The standard InChI is InChI=1S/C26H44N2O2/c1-3-5-7-19-23-27-25(29)21-17-15-13-11-9-10-12-14-16-18-22-26(30)28-24-20-8-6-4-2/h3-8,13-24H2,1-2H3,(H,27,29)(H,28,30). The molecule has 2 N–H and O–H groups in total. The van der Waals surface area contributed by atoms with E-state index in [2.05, 4.69) is 48.2 Å². The number of hydrogen-bond donors (Lipinski definition) is 2. The van der Waals surface area contributed by atoms with Crippen molar-refractivity contribution in [3.8, 4) is 23.7 Å². The molecule has 2 amide bonds. The van der Waals surface area contributed by atoms with Gasteiger partial charge in [0.25, 0.3) is 0 Å². The molecule has 30 heavy (non-hydrogen) atoms. The number of carbonyl (C=O) groups is 2. The second-order valence-corrected chi connectivity index (χ2v) is 7.84. The first-order chi connectivity index (χ1) is 14.7. The molecular formula is C26H44N2O2. The molecule has 0 radical (unpaired) electrons. The highest BCUT2D eigenvalue weighted by molar-refractivity contribution is 5.76. The van der Waals surface area contributed by atoms with Gasteiger partial charge in [-0.25, -0.2) is 0 Å². The Kier molecular flexibility index (Phi) is 21.8. The third-order valence-corrected chi connectivity index (χ3v) is 4.86. The number of unbranched alkanes of at least 4 members (excludes halogenated alkanes) is 10. The smallest absolute Gasteiger partial charge is 0.219 e. The van der Waals surface area contributed by atoms with Gasteiger partial charge in [0.05, 0.1) is 0 Å². The molecule has 0 aromatic rings. The van der Waals surface area contributed by atoms with Gasteiger partial charge in [0.15, 0.2) is 0 Å². The molecule has 0 rings (SSSR count). The zero-order chi connectivity index (χ0) is 22.1. The number of carbonyl (C=O) groups excluding carboxylic acids is 2. The number of rotatable bonds is 18. The Balaban J connectivity index is 3.47. The van der Waals surface area contributed by atoms with Gasteiger partial charge in [0, 0.05) is 38.8 Å². The summed E-state index contributed by atoms with van der Waals surface area (Å²) < 4.78 is 0. The molecule has 0 aliphatic heterocycles. The lowest BCUT2D eigenvalue weighted by molar-refractivity contribution is -0.122. The van der Waals surface area contributed by atoms with E-state index < -0.39 is 0 Å². The van der Waals surface area contributed by atoms with Crippen LogP contribution in [0.25, 0.3) is 0 Å². The van der Waals surface area contributed by atoms with E-state index in [4.69, 9.17) is 0 Å². The molecule has 0 saturated heterocycles. The van der Waals surface area contributed by atoms with E-state index in [1.807, 2.05) is 0 Å². The van der Waals surface area contributed by atoms with Gasteiger partial charge in [-0.15, -0.1) is 0 Å². The predicted octanol–water partition coefficient (Wildman–Crippen LogP) is 5.51. The van der Waals surface area contributed by atoms with E-state index in [1.54, 1.807) is 0 Å². The van der Waals surface area contributed by atoms with Gasteiger partial charge in [-0.05, 0) is 50.4 Å². The Bertz CT molecular complexity index is 499. The van der Waals surface area contributed by atoms with E-state index in [0.29, 0.717) is 12.8 Å². The molecule has 0 atom stereocenters. The van der Waals surface area contributed by atoms with Crippen LogP contribution in [0.4, 0.5) is 0 Å². The van der Waals surface area contributed by atoms with Crippen molar-refractivity contribution in [2.45, 2.75) is 117 Å². The maximum atomic E-state index is 11.7. The quantitative estimate of drug-likeness (QED) is 0.229. The Morgan fingerprint density at radius 3 is 1.40 bits per heavy atom. The Hall–Kier alpha value is -1.94. The first-order valence-corrected chi connectivity index (χ1v) is 12.2. The van der Waals surface area contributed by atoms with E-state index >= 15 is 0 Å². The molecule has 4 nitrogen and oxygen atoms in total. The highest BCUT2D eigenvalue weighted by Gasteiger charge is 2.00. The molecule has 0 fully saturated rings. The first kappa shape index (κ1) is 28.1. The zero-order valence-corrected chi connectivity index (χ0v) is 19.5. The molecule has 0 aliphatic rings. The van der Waals surface area contributed by atoms with Crippen molar-refractivity contribution in [2.24, 2.45) is 0 Å². The summed E-state index contributed by atoms with van der Waals surface area (Å²) in [6.45, 7) is 5.98. The van der Waals surface area contributed by atoms with E-state index in [-0.39, 0.29) is 11.8 Å². The van der Waals surface area contributed by atoms with Crippen molar-refractivity contribution in [1.29, 1.82) is 0 Å². The highest BCUT2D eigenvalue weighted by Crippen LogP contribution is 2.01. The van der Waals surface area contributed by atoms with Gasteiger partial charge in [0.2, 0.25) is 11.8 Å². The predicted molar refractivity (Wildman–Crippen MR) is 127 cm³/mol. The van der Waals surface area contributed by atoms with Crippen molar-refractivity contribution in [3.05, 3.63) is 0 Å². The number of amides is 2. The summed E-state index contributed by atoms with van der Waals surface area (Å²) in [5.74, 6) is 12.2. The van der Waals surface area contributed by atoms with Crippen LogP contribution in [0.1, 0.15) is 117 Å². The lowest BCUT2D eigenvalue weighted by Crippen LogP contribution is -2.23. The lowest BCUT2D eigenvalue weighted by atomic mass is 10.1. The topological polar surface area (TPSA) is 58.2 Å². The number of hydrogen-bond acceptors (Lipinski definition) is 2. The molecule has 4 heteroatoms. The molecule has 0 aromatic carbocycles. The maximum Gasteiger partial charge on any atom is 0.219 e. The minimum atomic E-state index is 0.157. The van der Waals surface area contributed by atoms with Crippen molar-refractivity contribution in [1.82, 2.24) is 10.6 Å². The third kappa shape index (κ3) is 22.4. The van der Waals surface area contributed by atoms with E-state index in [9.17, 15) is 9.59 Å². The molecule has 0 aromatic heterocycles. The summed E-state index contributed by atoms with van der Waals surface area (Å²) in [7, 11) is 0. The molecule has 0 bridgehead atoms. The first-order valence-electron chi connectivity index (χ1n) is 12.2. The Morgan fingerprint density at radius 2 is 1.00 bits per heavy atom. The molecule has 0 aliphatic carbocycles. The minimum absolute atomic E-state index is 0.157. The van der Waals surface area contributed by atoms with Crippen LogP contribution in [0, 0.1) is 23.7 Å². The van der Waals surface area contributed by atoms with E-state index in [1.165, 1.54) is 38.5 Å². The van der Waals surface area contributed by atoms with Gasteiger partial charge in [-0.3, -0.25) is 9.59 Å². The normalized spacial score (nSPS) is 9.80. The van der Waals surface area contributed by atoms with Gasteiger partial charge in [0.1, 0.15) is 0 Å². The molecular weight excluding hydrogens is 372 g/mol.